The van der Waals surface area contributed by atoms with E-state index in [0.29, 0.717) is 17.8 Å². The highest BCUT2D eigenvalue weighted by Crippen LogP contribution is 2.27. The summed E-state index contributed by atoms with van der Waals surface area (Å²) in [6, 6.07) is 14.0. The van der Waals surface area contributed by atoms with Gasteiger partial charge in [0.2, 0.25) is 5.91 Å². The van der Waals surface area contributed by atoms with Gasteiger partial charge in [-0.15, -0.1) is 0 Å². The molecule has 0 spiro atoms. The number of fused-ring (bicyclic) bond motifs is 1. The van der Waals surface area contributed by atoms with Crippen LogP contribution in [0.25, 0.3) is 0 Å². The Hall–Kier alpha value is -3.15. The second kappa shape index (κ2) is 7.17. The molecule has 1 aliphatic rings. The highest BCUT2D eigenvalue weighted by molar-refractivity contribution is 5.98. The van der Waals surface area contributed by atoms with Crippen molar-refractivity contribution in [3.8, 4) is 0 Å². The zero-order valence-electron chi connectivity index (χ0n) is 13.8. The van der Waals surface area contributed by atoms with E-state index in [-0.39, 0.29) is 18.4 Å². The Labute approximate surface area is 145 Å². The summed E-state index contributed by atoms with van der Waals surface area (Å²) in [6.45, 7) is 1.70. The molecule has 6 heteroatoms. The Morgan fingerprint density at radius 3 is 2.52 bits per heavy atom. The molecule has 1 heterocycles. The maximum atomic E-state index is 12.3. The Balaban J connectivity index is 1.57. The van der Waals surface area contributed by atoms with Gasteiger partial charge in [0.15, 0.2) is 6.61 Å². The summed E-state index contributed by atoms with van der Waals surface area (Å²) in [6.07, 6.45) is 0.806. The molecule has 2 amide bonds. The van der Waals surface area contributed by atoms with Crippen molar-refractivity contribution in [2.75, 3.05) is 23.4 Å². The number of nitrogens with one attached hydrogen (secondary N) is 1. The molecule has 0 fully saturated rings. The second-order valence-corrected chi connectivity index (χ2v) is 5.76. The first kappa shape index (κ1) is 16.7. The van der Waals surface area contributed by atoms with Crippen LogP contribution in [0.5, 0.6) is 0 Å². The molecular formula is C19H18N2O4. The highest BCUT2D eigenvalue weighted by atomic mass is 16.5. The summed E-state index contributed by atoms with van der Waals surface area (Å²) in [4.78, 5) is 37.0. The number of hydrogen-bond donors (Lipinski definition) is 1. The highest BCUT2D eigenvalue weighted by Gasteiger charge is 2.24. The van der Waals surface area contributed by atoms with Gasteiger partial charge in [0.25, 0.3) is 5.91 Å². The largest absolute Gasteiger partial charge is 0.452 e. The number of ether oxygens (including phenoxy) is 1. The number of para-hydroxylation sites is 1. The molecule has 0 unspecified atom stereocenters. The maximum Gasteiger partial charge on any atom is 0.338 e. The summed E-state index contributed by atoms with van der Waals surface area (Å²) in [5.41, 5.74) is 2.91. The predicted octanol–water partition coefficient (Wildman–Crippen LogP) is 2.39. The first-order chi connectivity index (χ1) is 12.0. The quantitative estimate of drug-likeness (QED) is 0.869. The zero-order chi connectivity index (χ0) is 17.8. The van der Waals surface area contributed by atoms with Crippen molar-refractivity contribution < 1.29 is 19.1 Å². The molecule has 2 aromatic rings. The third-order valence-electron chi connectivity index (χ3n) is 3.96. The normalized spacial score (nSPS) is 12.4. The molecule has 0 radical (unpaired) electrons. The molecule has 0 aromatic heterocycles. The molecule has 3 rings (SSSR count). The van der Waals surface area contributed by atoms with Crippen LogP contribution in [0.1, 0.15) is 22.8 Å². The number of benzene rings is 2. The smallest absolute Gasteiger partial charge is 0.338 e. The number of amides is 2. The minimum Gasteiger partial charge on any atom is -0.452 e. The first-order valence-corrected chi connectivity index (χ1v) is 7.97. The molecule has 0 bridgehead atoms. The van der Waals surface area contributed by atoms with Crippen molar-refractivity contribution in [3.05, 3.63) is 59.7 Å². The Morgan fingerprint density at radius 2 is 1.80 bits per heavy atom. The minimum atomic E-state index is -0.574. The van der Waals surface area contributed by atoms with Gasteiger partial charge in [0, 0.05) is 24.8 Å². The predicted molar refractivity (Wildman–Crippen MR) is 93.5 cm³/mol. The van der Waals surface area contributed by atoms with Crippen molar-refractivity contribution >= 4 is 29.2 Å². The average Bonchev–Trinajstić information content (AvgIpc) is 3.03. The fourth-order valence-electron chi connectivity index (χ4n) is 2.78. The van der Waals surface area contributed by atoms with Crippen molar-refractivity contribution in [2.24, 2.45) is 0 Å². The average molecular weight is 338 g/mol. The Bertz CT molecular complexity index is 814. The summed E-state index contributed by atoms with van der Waals surface area (Å²) in [5.74, 6) is -1.00. The van der Waals surface area contributed by atoms with E-state index in [9.17, 15) is 14.4 Å². The minimum absolute atomic E-state index is 0.188. The van der Waals surface area contributed by atoms with Gasteiger partial charge in [-0.2, -0.15) is 0 Å². The van der Waals surface area contributed by atoms with Crippen molar-refractivity contribution in [2.45, 2.75) is 13.3 Å². The lowest BCUT2D eigenvalue weighted by molar-refractivity contribution is -0.121. The molecule has 1 aliphatic heterocycles. The number of anilines is 2. The van der Waals surface area contributed by atoms with E-state index >= 15 is 0 Å². The SMILES string of the molecule is CC(=O)Nc1ccc(C(=O)OCC(=O)N2CCc3ccccc32)cc1. The molecule has 2 aromatic carbocycles. The van der Waals surface area contributed by atoms with E-state index in [1.54, 1.807) is 29.2 Å². The molecule has 6 nitrogen and oxygen atoms in total. The molecule has 0 aliphatic carbocycles. The number of carbonyl (C=O) groups excluding carboxylic acids is 3. The van der Waals surface area contributed by atoms with Crippen LogP contribution in [0.2, 0.25) is 0 Å². The summed E-state index contributed by atoms with van der Waals surface area (Å²) in [5, 5.41) is 2.62. The summed E-state index contributed by atoms with van der Waals surface area (Å²) in [7, 11) is 0. The van der Waals surface area contributed by atoms with Gasteiger partial charge in [-0.3, -0.25) is 9.59 Å². The van der Waals surface area contributed by atoms with Gasteiger partial charge in [-0.25, -0.2) is 4.79 Å². The van der Waals surface area contributed by atoms with Crippen LogP contribution in [-0.4, -0.2) is 30.9 Å². The molecule has 0 saturated heterocycles. The van der Waals surface area contributed by atoms with E-state index in [4.69, 9.17) is 4.74 Å². The lowest BCUT2D eigenvalue weighted by Crippen LogP contribution is -2.33. The second-order valence-electron chi connectivity index (χ2n) is 5.76. The number of carbonyl (C=O) groups is 3. The van der Waals surface area contributed by atoms with E-state index in [0.717, 1.165) is 17.7 Å². The van der Waals surface area contributed by atoms with Crippen LogP contribution in [0.4, 0.5) is 11.4 Å². The van der Waals surface area contributed by atoms with Crippen LogP contribution in [0.15, 0.2) is 48.5 Å². The van der Waals surface area contributed by atoms with Crippen molar-refractivity contribution in [3.63, 3.8) is 0 Å². The Kier molecular flexibility index (Phi) is 4.79. The van der Waals surface area contributed by atoms with E-state index in [1.165, 1.54) is 6.92 Å². The molecular weight excluding hydrogens is 320 g/mol. The van der Waals surface area contributed by atoms with Crippen molar-refractivity contribution in [1.29, 1.82) is 0 Å². The number of rotatable bonds is 4. The molecule has 25 heavy (non-hydrogen) atoms. The van der Waals surface area contributed by atoms with Crippen LogP contribution in [-0.2, 0) is 20.7 Å². The van der Waals surface area contributed by atoms with E-state index < -0.39 is 5.97 Å². The maximum absolute atomic E-state index is 12.3. The van der Waals surface area contributed by atoms with Gasteiger partial charge in [-0.1, -0.05) is 18.2 Å². The van der Waals surface area contributed by atoms with Gasteiger partial charge >= 0.3 is 5.97 Å². The van der Waals surface area contributed by atoms with Gasteiger partial charge < -0.3 is 15.0 Å². The molecule has 0 saturated carbocycles. The van der Waals surface area contributed by atoms with Crippen LogP contribution >= 0.6 is 0 Å². The lowest BCUT2D eigenvalue weighted by Gasteiger charge is -2.17. The molecule has 128 valence electrons. The van der Waals surface area contributed by atoms with Crippen molar-refractivity contribution in [1.82, 2.24) is 0 Å². The molecule has 0 atom stereocenters. The fourth-order valence-corrected chi connectivity index (χ4v) is 2.78. The van der Waals surface area contributed by atoms with Gasteiger partial charge in [0.05, 0.1) is 5.56 Å². The van der Waals surface area contributed by atoms with Crippen LogP contribution in [0.3, 0.4) is 0 Å². The third kappa shape index (κ3) is 3.85. The number of nitrogens with zero attached hydrogens (tertiary/aromatic N) is 1. The lowest BCUT2D eigenvalue weighted by atomic mass is 10.2. The van der Waals surface area contributed by atoms with Gasteiger partial charge in [0.1, 0.15) is 0 Å². The number of hydrogen-bond acceptors (Lipinski definition) is 4. The first-order valence-electron chi connectivity index (χ1n) is 7.97. The fraction of sp³-hybridized carbons (Fsp3) is 0.211. The topological polar surface area (TPSA) is 75.7 Å². The standard InChI is InChI=1S/C19H18N2O4/c1-13(22)20-16-8-6-15(7-9-16)19(24)25-12-18(23)21-11-10-14-4-2-3-5-17(14)21/h2-9H,10-12H2,1H3,(H,20,22). The van der Waals surface area contributed by atoms with Crippen LogP contribution < -0.4 is 10.2 Å². The number of esters is 1. The monoisotopic (exact) mass is 338 g/mol. The van der Waals surface area contributed by atoms with Crippen LogP contribution in [0, 0.1) is 0 Å². The Morgan fingerprint density at radius 1 is 1.08 bits per heavy atom. The van der Waals surface area contributed by atoms with E-state index in [2.05, 4.69) is 5.32 Å². The zero-order valence-corrected chi connectivity index (χ0v) is 13.8. The van der Waals surface area contributed by atoms with Gasteiger partial charge in [-0.05, 0) is 42.3 Å². The summed E-state index contributed by atoms with van der Waals surface area (Å²) >= 11 is 0. The summed E-state index contributed by atoms with van der Waals surface area (Å²) < 4.78 is 5.12. The van der Waals surface area contributed by atoms with E-state index in [1.807, 2.05) is 24.3 Å². The molecule has 1 N–H and O–H groups in total. The third-order valence-corrected chi connectivity index (χ3v) is 3.96.